The Bertz CT molecular complexity index is 593. The molecule has 6 nitrogen and oxygen atoms in total. The van der Waals surface area contributed by atoms with E-state index in [0.717, 1.165) is 25.2 Å². The molecule has 0 aliphatic rings. The summed E-state index contributed by atoms with van der Waals surface area (Å²) in [6.07, 6.45) is 7.51. The summed E-state index contributed by atoms with van der Waals surface area (Å²) in [6.45, 7) is 3.33. The molecule has 1 amide bonds. The van der Waals surface area contributed by atoms with Crippen molar-refractivity contribution in [2.24, 2.45) is 7.05 Å². The van der Waals surface area contributed by atoms with Crippen LogP contribution in [0.2, 0.25) is 0 Å². The molecule has 2 aromatic rings. The molecule has 2 rings (SSSR count). The zero-order valence-electron chi connectivity index (χ0n) is 12.5. The van der Waals surface area contributed by atoms with Crippen LogP contribution >= 0.6 is 0 Å². The van der Waals surface area contributed by atoms with Crippen molar-refractivity contribution in [3.05, 3.63) is 41.9 Å². The van der Waals surface area contributed by atoms with Gasteiger partial charge in [-0.2, -0.15) is 5.10 Å². The van der Waals surface area contributed by atoms with Gasteiger partial charge in [-0.1, -0.05) is 0 Å². The van der Waals surface area contributed by atoms with Crippen molar-refractivity contribution >= 4 is 11.7 Å². The quantitative estimate of drug-likeness (QED) is 0.759. The molecule has 2 aromatic heterocycles. The molecule has 2 N–H and O–H groups in total. The van der Waals surface area contributed by atoms with Crippen molar-refractivity contribution in [2.45, 2.75) is 19.8 Å². The van der Waals surface area contributed by atoms with E-state index in [9.17, 15) is 4.79 Å². The fourth-order valence-electron chi connectivity index (χ4n) is 2.04. The molecular formula is C15H21N5O. The van der Waals surface area contributed by atoms with E-state index in [-0.39, 0.29) is 5.91 Å². The second-order valence-electron chi connectivity index (χ2n) is 4.84. The van der Waals surface area contributed by atoms with Gasteiger partial charge in [0.2, 0.25) is 0 Å². The number of anilines is 1. The van der Waals surface area contributed by atoms with Gasteiger partial charge in [0.25, 0.3) is 5.91 Å². The predicted molar refractivity (Wildman–Crippen MR) is 82.3 cm³/mol. The van der Waals surface area contributed by atoms with Crippen molar-refractivity contribution < 1.29 is 4.79 Å². The second kappa shape index (κ2) is 7.42. The van der Waals surface area contributed by atoms with Gasteiger partial charge in [0.05, 0.1) is 6.20 Å². The number of aromatic nitrogens is 3. The van der Waals surface area contributed by atoms with Crippen LogP contribution in [0.1, 0.15) is 29.3 Å². The van der Waals surface area contributed by atoms with Crippen molar-refractivity contribution in [1.29, 1.82) is 0 Å². The fraction of sp³-hybridized carbons (Fsp3) is 0.400. The Morgan fingerprint density at radius 3 is 3.00 bits per heavy atom. The summed E-state index contributed by atoms with van der Waals surface area (Å²) in [5.41, 5.74) is 1.85. The highest BCUT2D eigenvalue weighted by molar-refractivity contribution is 5.94. The number of carbonyl (C=O) groups excluding carboxylic acids is 1. The zero-order valence-corrected chi connectivity index (χ0v) is 12.5. The molecule has 0 atom stereocenters. The molecule has 0 aromatic carbocycles. The van der Waals surface area contributed by atoms with E-state index in [1.165, 1.54) is 5.56 Å². The van der Waals surface area contributed by atoms with Gasteiger partial charge in [0.15, 0.2) is 0 Å². The van der Waals surface area contributed by atoms with Gasteiger partial charge >= 0.3 is 0 Å². The third-order valence-electron chi connectivity index (χ3n) is 3.07. The lowest BCUT2D eigenvalue weighted by molar-refractivity contribution is 0.0956. The Kier molecular flexibility index (Phi) is 5.31. The molecule has 0 radical (unpaired) electrons. The van der Waals surface area contributed by atoms with Gasteiger partial charge in [-0.25, -0.2) is 4.98 Å². The van der Waals surface area contributed by atoms with E-state index >= 15 is 0 Å². The van der Waals surface area contributed by atoms with Crippen LogP contribution in [0.3, 0.4) is 0 Å². The minimum Gasteiger partial charge on any atom is -0.370 e. The van der Waals surface area contributed by atoms with Gasteiger partial charge in [-0.15, -0.1) is 0 Å². The van der Waals surface area contributed by atoms with Crippen molar-refractivity contribution in [3.63, 3.8) is 0 Å². The highest BCUT2D eigenvalue weighted by Gasteiger charge is 2.05. The Morgan fingerprint density at radius 2 is 2.29 bits per heavy atom. The minimum atomic E-state index is -0.0710. The van der Waals surface area contributed by atoms with E-state index in [0.29, 0.717) is 12.1 Å². The Hall–Kier alpha value is -2.37. The summed E-state index contributed by atoms with van der Waals surface area (Å²) in [5.74, 6) is 0.656. The fourth-order valence-corrected chi connectivity index (χ4v) is 2.04. The Balaban J connectivity index is 1.80. The first-order chi connectivity index (χ1) is 10.2. The molecule has 0 unspecified atom stereocenters. The molecule has 0 bridgehead atoms. The SMILES string of the molecule is CCNC(=O)c1ccnc(NCCCc2cnn(C)c2)c1. The molecule has 0 saturated heterocycles. The van der Waals surface area contributed by atoms with Gasteiger partial charge in [-0.05, 0) is 37.5 Å². The lowest BCUT2D eigenvalue weighted by Gasteiger charge is -2.07. The number of rotatable bonds is 7. The lowest BCUT2D eigenvalue weighted by Crippen LogP contribution is -2.22. The molecule has 21 heavy (non-hydrogen) atoms. The molecule has 0 aliphatic heterocycles. The number of carbonyl (C=O) groups is 1. The minimum absolute atomic E-state index is 0.0710. The third-order valence-corrected chi connectivity index (χ3v) is 3.07. The summed E-state index contributed by atoms with van der Waals surface area (Å²) < 4.78 is 1.81. The molecule has 112 valence electrons. The standard InChI is InChI=1S/C15H21N5O/c1-3-16-15(21)13-6-8-18-14(9-13)17-7-4-5-12-10-19-20(2)11-12/h6,8-11H,3-5,7H2,1-2H3,(H,16,21)(H,17,18). The summed E-state index contributed by atoms with van der Waals surface area (Å²) in [4.78, 5) is 16.0. The molecular weight excluding hydrogens is 266 g/mol. The van der Waals surface area contributed by atoms with Crippen LogP contribution in [0.4, 0.5) is 5.82 Å². The van der Waals surface area contributed by atoms with Crippen molar-refractivity contribution in [1.82, 2.24) is 20.1 Å². The number of amides is 1. The van der Waals surface area contributed by atoms with E-state index < -0.39 is 0 Å². The molecule has 2 heterocycles. The summed E-state index contributed by atoms with van der Waals surface area (Å²) in [7, 11) is 1.92. The lowest BCUT2D eigenvalue weighted by atomic mass is 10.2. The average Bonchev–Trinajstić information content (AvgIpc) is 2.90. The van der Waals surface area contributed by atoms with E-state index in [2.05, 4.69) is 20.7 Å². The normalized spacial score (nSPS) is 10.4. The van der Waals surface area contributed by atoms with Crippen LogP contribution in [-0.4, -0.2) is 33.8 Å². The van der Waals surface area contributed by atoms with Crippen LogP contribution in [0, 0.1) is 0 Å². The van der Waals surface area contributed by atoms with Crippen LogP contribution in [0.15, 0.2) is 30.7 Å². The molecule has 0 aliphatic carbocycles. The first kappa shape index (κ1) is 15.0. The molecule has 0 spiro atoms. The molecule has 6 heteroatoms. The van der Waals surface area contributed by atoms with E-state index in [4.69, 9.17) is 0 Å². The van der Waals surface area contributed by atoms with Crippen LogP contribution in [0.5, 0.6) is 0 Å². The summed E-state index contributed by atoms with van der Waals surface area (Å²) in [5, 5.41) is 10.2. The number of hydrogen-bond donors (Lipinski definition) is 2. The van der Waals surface area contributed by atoms with Gasteiger partial charge < -0.3 is 10.6 Å². The molecule has 0 saturated carbocycles. The second-order valence-corrected chi connectivity index (χ2v) is 4.84. The summed E-state index contributed by atoms with van der Waals surface area (Å²) in [6, 6.07) is 3.49. The van der Waals surface area contributed by atoms with Gasteiger partial charge in [0.1, 0.15) is 5.82 Å². The maximum absolute atomic E-state index is 11.7. The van der Waals surface area contributed by atoms with Crippen molar-refractivity contribution in [3.8, 4) is 0 Å². The molecule has 0 fully saturated rings. The first-order valence-corrected chi connectivity index (χ1v) is 7.14. The number of hydrogen-bond acceptors (Lipinski definition) is 4. The Morgan fingerprint density at radius 1 is 1.43 bits per heavy atom. The van der Waals surface area contributed by atoms with Crippen molar-refractivity contribution in [2.75, 3.05) is 18.4 Å². The number of aryl methyl sites for hydroxylation is 2. The number of pyridine rings is 1. The largest absolute Gasteiger partial charge is 0.370 e. The third kappa shape index (κ3) is 4.59. The van der Waals surface area contributed by atoms with Gasteiger partial charge in [0, 0.05) is 38.1 Å². The van der Waals surface area contributed by atoms with Crippen LogP contribution < -0.4 is 10.6 Å². The smallest absolute Gasteiger partial charge is 0.251 e. The van der Waals surface area contributed by atoms with E-state index in [1.54, 1.807) is 23.0 Å². The number of nitrogens with one attached hydrogen (secondary N) is 2. The highest BCUT2D eigenvalue weighted by atomic mass is 16.1. The monoisotopic (exact) mass is 287 g/mol. The van der Waals surface area contributed by atoms with E-state index in [1.807, 2.05) is 26.4 Å². The number of nitrogens with zero attached hydrogens (tertiary/aromatic N) is 3. The van der Waals surface area contributed by atoms with Gasteiger partial charge in [-0.3, -0.25) is 9.48 Å². The maximum atomic E-state index is 11.7. The summed E-state index contributed by atoms with van der Waals surface area (Å²) >= 11 is 0. The van der Waals surface area contributed by atoms with Crippen LogP contribution in [0.25, 0.3) is 0 Å². The average molecular weight is 287 g/mol. The first-order valence-electron chi connectivity index (χ1n) is 7.14. The Labute approximate surface area is 124 Å². The highest BCUT2D eigenvalue weighted by Crippen LogP contribution is 2.07. The topological polar surface area (TPSA) is 71.8 Å². The van der Waals surface area contributed by atoms with Crippen LogP contribution in [-0.2, 0) is 13.5 Å². The predicted octanol–water partition coefficient (Wildman–Crippen LogP) is 1.61. The maximum Gasteiger partial charge on any atom is 0.251 e. The zero-order chi connectivity index (χ0) is 15.1.